The van der Waals surface area contributed by atoms with Gasteiger partial charge in [0.05, 0.1) is 29.2 Å². The van der Waals surface area contributed by atoms with Crippen LogP contribution in [0.5, 0.6) is 5.75 Å². The molecule has 4 aromatic rings. The average Bonchev–Trinajstić information content (AvgIpc) is 3.37. The molecule has 1 amide bonds. The van der Waals surface area contributed by atoms with E-state index in [0.29, 0.717) is 17.4 Å². The van der Waals surface area contributed by atoms with E-state index in [9.17, 15) is 4.79 Å². The molecule has 1 unspecified atom stereocenters. The molecule has 0 saturated carbocycles. The smallest absolute Gasteiger partial charge is 0.226 e. The molecular formula is C20H20N6O2S. The van der Waals surface area contributed by atoms with Crippen LogP contribution in [0.25, 0.3) is 15.3 Å². The Labute approximate surface area is 171 Å². The summed E-state index contributed by atoms with van der Waals surface area (Å²) in [5.41, 5.74) is 4.88. The molecule has 0 saturated heterocycles. The Hall–Kier alpha value is -3.20. The molecule has 0 spiro atoms. The summed E-state index contributed by atoms with van der Waals surface area (Å²) in [7, 11) is 3.56. The number of carbonyl (C=O) groups excluding carboxylic acids is 1. The van der Waals surface area contributed by atoms with E-state index in [2.05, 4.69) is 10.4 Å². The van der Waals surface area contributed by atoms with Gasteiger partial charge in [-0.05, 0) is 32.0 Å². The molecule has 9 heteroatoms. The van der Waals surface area contributed by atoms with E-state index in [1.54, 1.807) is 11.8 Å². The van der Waals surface area contributed by atoms with Crippen molar-refractivity contribution in [3.8, 4) is 10.9 Å². The first kappa shape index (κ1) is 17.9. The van der Waals surface area contributed by atoms with E-state index in [4.69, 9.17) is 14.8 Å². The van der Waals surface area contributed by atoms with Crippen LogP contribution in [0.1, 0.15) is 34.9 Å². The summed E-state index contributed by atoms with van der Waals surface area (Å²) in [4.78, 5) is 17.3. The molecule has 1 aromatic carbocycles. The van der Waals surface area contributed by atoms with Crippen molar-refractivity contribution in [2.24, 2.45) is 7.05 Å². The van der Waals surface area contributed by atoms with Crippen molar-refractivity contribution in [1.82, 2.24) is 24.5 Å². The second kappa shape index (κ2) is 6.41. The number of hydrogen-bond donors (Lipinski definition) is 1. The number of fused-ring (bicyclic) bond motifs is 2. The van der Waals surface area contributed by atoms with Crippen LogP contribution in [-0.4, -0.2) is 37.6 Å². The third kappa shape index (κ3) is 2.72. The Morgan fingerprint density at radius 1 is 1.31 bits per heavy atom. The van der Waals surface area contributed by atoms with Crippen LogP contribution in [0.4, 0.5) is 5.82 Å². The minimum absolute atomic E-state index is 0.0327. The quantitative estimate of drug-likeness (QED) is 0.562. The molecular weight excluding hydrogens is 388 g/mol. The van der Waals surface area contributed by atoms with E-state index in [1.807, 2.05) is 50.0 Å². The summed E-state index contributed by atoms with van der Waals surface area (Å²) in [6.07, 6.45) is 2.23. The highest BCUT2D eigenvalue weighted by molar-refractivity contribution is 7.20. The summed E-state index contributed by atoms with van der Waals surface area (Å²) >= 11 is 1.51. The Bertz CT molecular complexity index is 1270. The third-order valence-corrected chi connectivity index (χ3v) is 6.51. The van der Waals surface area contributed by atoms with Crippen LogP contribution < -0.4 is 10.1 Å². The second-order valence-corrected chi connectivity index (χ2v) is 8.21. The first-order valence-electron chi connectivity index (χ1n) is 9.29. The normalized spacial score (nSPS) is 16.1. The molecule has 0 aliphatic carbocycles. The van der Waals surface area contributed by atoms with Crippen molar-refractivity contribution in [2.45, 2.75) is 26.2 Å². The van der Waals surface area contributed by atoms with Gasteiger partial charge in [0.2, 0.25) is 11.0 Å². The number of nitrogens with one attached hydrogen (secondary N) is 1. The van der Waals surface area contributed by atoms with Crippen molar-refractivity contribution in [3.05, 3.63) is 46.9 Å². The molecule has 1 aliphatic heterocycles. The predicted molar refractivity (Wildman–Crippen MR) is 111 cm³/mol. The number of benzene rings is 1. The van der Waals surface area contributed by atoms with Crippen LogP contribution in [0.3, 0.4) is 0 Å². The molecule has 1 atom stereocenters. The molecule has 29 heavy (non-hydrogen) atoms. The first-order valence-corrected chi connectivity index (χ1v) is 10.1. The number of ether oxygens (including phenoxy) is 1. The number of nitrogens with zero attached hydrogens (tertiary/aromatic N) is 5. The number of thiazole rings is 1. The summed E-state index contributed by atoms with van der Waals surface area (Å²) < 4.78 is 9.90. The largest absolute Gasteiger partial charge is 0.497 e. The molecule has 1 N–H and O–H groups in total. The fraction of sp³-hybridized carbons (Fsp3) is 0.300. The van der Waals surface area contributed by atoms with Gasteiger partial charge in [-0.25, -0.2) is 4.98 Å². The van der Waals surface area contributed by atoms with Crippen molar-refractivity contribution in [3.63, 3.8) is 0 Å². The lowest BCUT2D eigenvalue weighted by atomic mass is 9.86. The molecule has 8 nitrogen and oxygen atoms in total. The van der Waals surface area contributed by atoms with Gasteiger partial charge >= 0.3 is 0 Å². The monoisotopic (exact) mass is 408 g/mol. The highest BCUT2D eigenvalue weighted by Gasteiger charge is 2.34. The number of methoxy groups -OCH3 is 1. The van der Waals surface area contributed by atoms with Gasteiger partial charge in [0.25, 0.3) is 0 Å². The predicted octanol–water partition coefficient (Wildman–Crippen LogP) is 3.32. The molecule has 0 radical (unpaired) electrons. The Kier molecular flexibility index (Phi) is 3.95. The van der Waals surface area contributed by atoms with Crippen molar-refractivity contribution < 1.29 is 9.53 Å². The molecule has 0 fully saturated rings. The maximum absolute atomic E-state index is 12.6. The second-order valence-electron chi connectivity index (χ2n) is 7.20. The number of hydrogen-bond acceptors (Lipinski definition) is 6. The fourth-order valence-electron chi connectivity index (χ4n) is 3.92. The van der Waals surface area contributed by atoms with Crippen LogP contribution in [0, 0.1) is 13.8 Å². The zero-order valence-electron chi connectivity index (χ0n) is 16.6. The lowest BCUT2D eigenvalue weighted by Crippen LogP contribution is -2.25. The number of aryl methyl sites for hydroxylation is 2. The van der Waals surface area contributed by atoms with Crippen LogP contribution in [-0.2, 0) is 11.8 Å². The molecule has 5 rings (SSSR count). The van der Waals surface area contributed by atoms with Gasteiger partial charge < -0.3 is 10.1 Å². The standard InChI is InChI=1S/C20H20N6O2S/c1-10-18-13(14-9-21-25(3)11(14)2)8-17(27)23-19(18)26(24-10)20-22-15-6-5-12(28-4)7-16(15)29-20/h5-7,9,13H,8H2,1-4H3,(H,23,27). The van der Waals surface area contributed by atoms with E-state index in [1.165, 1.54) is 11.3 Å². The summed E-state index contributed by atoms with van der Waals surface area (Å²) in [6.45, 7) is 4.00. The van der Waals surface area contributed by atoms with E-state index in [-0.39, 0.29) is 11.8 Å². The van der Waals surface area contributed by atoms with Crippen LogP contribution >= 0.6 is 11.3 Å². The SMILES string of the molecule is COc1ccc2nc(-n3nc(C)c4c3NC(=O)CC4c3cnn(C)c3C)sc2c1. The van der Waals surface area contributed by atoms with Crippen molar-refractivity contribution in [2.75, 3.05) is 12.4 Å². The summed E-state index contributed by atoms with van der Waals surface area (Å²) in [5.74, 6) is 1.37. The zero-order chi connectivity index (χ0) is 20.3. The zero-order valence-corrected chi connectivity index (χ0v) is 17.4. The van der Waals surface area contributed by atoms with E-state index < -0.39 is 0 Å². The Balaban J connectivity index is 1.67. The lowest BCUT2D eigenvalue weighted by Gasteiger charge is -2.23. The number of aromatic nitrogens is 5. The Morgan fingerprint density at radius 2 is 2.14 bits per heavy atom. The summed E-state index contributed by atoms with van der Waals surface area (Å²) in [5, 5.41) is 12.8. The van der Waals surface area contributed by atoms with Gasteiger partial charge in [-0.1, -0.05) is 11.3 Å². The van der Waals surface area contributed by atoms with Crippen molar-refractivity contribution >= 4 is 33.3 Å². The first-order chi connectivity index (χ1) is 14.0. The van der Waals surface area contributed by atoms with Gasteiger partial charge in [-0.2, -0.15) is 14.9 Å². The topological polar surface area (TPSA) is 86.9 Å². The average molecular weight is 408 g/mol. The molecule has 1 aliphatic rings. The molecule has 4 heterocycles. The van der Waals surface area contributed by atoms with Crippen molar-refractivity contribution in [1.29, 1.82) is 0 Å². The highest BCUT2D eigenvalue weighted by atomic mass is 32.1. The molecule has 3 aromatic heterocycles. The number of anilines is 1. The summed E-state index contributed by atoms with van der Waals surface area (Å²) in [6, 6.07) is 5.77. The Morgan fingerprint density at radius 3 is 2.86 bits per heavy atom. The highest BCUT2D eigenvalue weighted by Crippen LogP contribution is 2.42. The van der Waals surface area contributed by atoms with E-state index in [0.717, 1.165) is 38.5 Å². The number of carbonyl (C=O) groups is 1. The molecule has 148 valence electrons. The van der Waals surface area contributed by atoms with Gasteiger partial charge in [-0.3, -0.25) is 9.48 Å². The minimum Gasteiger partial charge on any atom is -0.497 e. The van der Waals surface area contributed by atoms with Crippen LogP contribution in [0.2, 0.25) is 0 Å². The van der Waals surface area contributed by atoms with E-state index >= 15 is 0 Å². The van der Waals surface area contributed by atoms with Gasteiger partial charge in [0.15, 0.2) is 0 Å². The maximum Gasteiger partial charge on any atom is 0.226 e. The lowest BCUT2D eigenvalue weighted by molar-refractivity contribution is -0.116. The number of amides is 1. The van der Waals surface area contributed by atoms with Gasteiger partial charge in [0, 0.05) is 36.2 Å². The van der Waals surface area contributed by atoms with Gasteiger partial charge in [-0.15, -0.1) is 0 Å². The van der Waals surface area contributed by atoms with Gasteiger partial charge in [0.1, 0.15) is 11.6 Å². The number of rotatable bonds is 3. The maximum atomic E-state index is 12.6. The fourth-order valence-corrected chi connectivity index (χ4v) is 4.87. The third-order valence-electron chi connectivity index (χ3n) is 5.52. The minimum atomic E-state index is -0.0735. The molecule has 0 bridgehead atoms. The van der Waals surface area contributed by atoms with Crippen LogP contribution in [0.15, 0.2) is 24.4 Å².